The van der Waals surface area contributed by atoms with Crippen LogP contribution in [0, 0.1) is 0 Å². The van der Waals surface area contributed by atoms with Crippen molar-refractivity contribution < 1.29 is 23.4 Å². The van der Waals surface area contributed by atoms with Gasteiger partial charge in [0.2, 0.25) is 6.79 Å². The lowest BCUT2D eigenvalue weighted by Crippen LogP contribution is -2.50. The number of ether oxygens (including phenoxy) is 4. The van der Waals surface area contributed by atoms with Crippen LogP contribution in [0.5, 0.6) is 17.2 Å². The first-order valence-corrected chi connectivity index (χ1v) is 8.88. The Kier molecular flexibility index (Phi) is 5.12. The molecule has 0 radical (unpaired) electrons. The van der Waals surface area contributed by atoms with Gasteiger partial charge in [-0.3, -0.25) is 0 Å². The lowest BCUT2D eigenvalue weighted by atomic mass is 10.3. The zero-order valence-corrected chi connectivity index (χ0v) is 15.0. The lowest BCUT2D eigenvalue weighted by molar-refractivity contribution is -0.0288. The summed E-state index contributed by atoms with van der Waals surface area (Å²) in [6.45, 7) is 3.30. The van der Waals surface area contributed by atoms with Crippen molar-refractivity contribution in [1.82, 2.24) is 10.2 Å². The summed E-state index contributed by atoms with van der Waals surface area (Å²) in [5, 5.41) is 3.91. The third-order valence-electron chi connectivity index (χ3n) is 4.20. The van der Waals surface area contributed by atoms with E-state index in [1.54, 1.807) is 6.26 Å². The zero-order chi connectivity index (χ0) is 17.8. The molecule has 0 aliphatic carbocycles. The van der Waals surface area contributed by atoms with Gasteiger partial charge in [0.05, 0.1) is 19.4 Å². The van der Waals surface area contributed by atoms with Crippen LogP contribution in [0.4, 0.5) is 0 Å². The Morgan fingerprint density at radius 3 is 3.08 bits per heavy atom. The van der Waals surface area contributed by atoms with Crippen LogP contribution in [0.2, 0.25) is 0 Å². The number of benzene rings is 1. The van der Waals surface area contributed by atoms with Gasteiger partial charge < -0.3 is 33.6 Å². The monoisotopic (exact) mass is 376 g/mol. The first-order chi connectivity index (χ1) is 12.8. The van der Waals surface area contributed by atoms with E-state index >= 15 is 0 Å². The summed E-state index contributed by atoms with van der Waals surface area (Å²) in [6, 6.07) is 9.32. The summed E-state index contributed by atoms with van der Waals surface area (Å²) in [5.74, 6) is 3.03. The van der Waals surface area contributed by atoms with Gasteiger partial charge in [-0.2, -0.15) is 0 Å². The number of fused-ring (bicyclic) bond motifs is 1. The molecule has 4 rings (SSSR count). The van der Waals surface area contributed by atoms with Crippen molar-refractivity contribution in [2.75, 3.05) is 33.1 Å². The molecule has 0 bridgehead atoms. The summed E-state index contributed by atoms with van der Waals surface area (Å²) < 4.78 is 27.6. The predicted molar refractivity (Wildman–Crippen MR) is 97.5 cm³/mol. The van der Waals surface area contributed by atoms with E-state index in [-0.39, 0.29) is 12.9 Å². The van der Waals surface area contributed by atoms with Crippen molar-refractivity contribution in [3.8, 4) is 17.2 Å². The smallest absolute Gasteiger partial charge is 0.231 e. The Morgan fingerprint density at radius 2 is 2.19 bits per heavy atom. The number of nitrogens with zero attached hydrogens (tertiary/aromatic N) is 1. The summed E-state index contributed by atoms with van der Waals surface area (Å²) >= 11 is 5.48. The standard InChI is InChI=1S/C18H20N2O5S/c26-18(19-9-14-2-1-6-21-14)20-5-7-22-15(10-20)11-23-13-3-4-16-17(8-13)25-12-24-16/h1-4,6,8,15H,5,7,9-12H2,(H,19,26). The van der Waals surface area contributed by atoms with E-state index in [2.05, 4.69) is 10.2 Å². The molecule has 1 N–H and O–H groups in total. The van der Waals surface area contributed by atoms with E-state index in [1.807, 2.05) is 30.3 Å². The maximum absolute atomic E-state index is 5.85. The van der Waals surface area contributed by atoms with E-state index in [1.165, 1.54) is 0 Å². The molecule has 0 saturated carbocycles. The van der Waals surface area contributed by atoms with Gasteiger partial charge in [-0.1, -0.05) is 0 Å². The zero-order valence-electron chi connectivity index (χ0n) is 14.2. The van der Waals surface area contributed by atoms with E-state index in [0.717, 1.165) is 23.8 Å². The summed E-state index contributed by atoms with van der Waals surface area (Å²) in [4.78, 5) is 2.09. The maximum atomic E-state index is 5.85. The van der Waals surface area contributed by atoms with Crippen molar-refractivity contribution in [1.29, 1.82) is 0 Å². The van der Waals surface area contributed by atoms with Gasteiger partial charge in [0.1, 0.15) is 24.2 Å². The van der Waals surface area contributed by atoms with Crippen LogP contribution in [0.1, 0.15) is 5.76 Å². The quantitative estimate of drug-likeness (QED) is 0.797. The normalized spacial score (nSPS) is 18.6. The molecule has 0 amide bonds. The first kappa shape index (κ1) is 17.0. The minimum Gasteiger partial charge on any atom is -0.491 e. The van der Waals surface area contributed by atoms with Crippen molar-refractivity contribution in [2.45, 2.75) is 12.6 Å². The third kappa shape index (κ3) is 4.03. The van der Waals surface area contributed by atoms with Gasteiger partial charge >= 0.3 is 0 Å². The summed E-state index contributed by atoms with van der Waals surface area (Å²) in [7, 11) is 0. The second-order valence-corrected chi connectivity index (χ2v) is 6.39. The van der Waals surface area contributed by atoms with E-state index < -0.39 is 0 Å². The molecule has 138 valence electrons. The minimum atomic E-state index is -0.0578. The van der Waals surface area contributed by atoms with Gasteiger partial charge in [0, 0.05) is 19.2 Å². The number of hydrogen-bond acceptors (Lipinski definition) is 6. The highest BCUT2D eigenvalue weighted by Crippen LogP contribution is 2.35. The molecule has 7 nitrogen and oxygen atoms in total. The molecule has 1 atom stereocenters. The SMILES string of the molecule is S=C(NCc1ccco1)N1CCOC(COc2ccc3c(c2)OCO3)C1. The van der Waals surface area contributed by atoms with Gasteiger partial charge in [-0.25, -0.2) is 0 Å². The van der Waals surface area contributed by atoms with Crippen molar-refractivity contribution in [3.05, 3.63) is 42.4 Å². The van der Waals surface area contributed by atoms with E-state index in [9.17, 15) is 0 Å². The summed E-state index contributed by atoms with van der Waals surface area (Å²) in [5.41, 5.74) is 0. The first-order valence-electron chi connectivity index (χ1n) is 8.47. The van der Waals surface area contributed by atoms with Crippen LogP contribution < -0.4 is 19.5 Å². The number of hydrogen-bond donors (Lipinski definition) is 1. The van der Waals surface area contributed by atoms with Crippen LogP contribution in [0.25, 0.3) is 0 Å². The van der Waals surface area contributed by atoms with Gasteiger partial charge in [0.25, 0.3) is 0 Å². The Morgan fingerprint density at radius 1 is 1.27 bits per heavy atom. The molecule has 1 unspecified atom stereocenters. The number of thiocarbonyl (C=S) groups is 1. The molecule has 2 aliphatic heterocycles. The van der Waals surface area contributed by atoms with Gasteiger partial charge in [0.15, 0.2) is 16.6 Å². The average Bonchev–Trinajstić information content (AvgIpc) is 3.35. The molecule has 1 saturated heterocycles. The van der Waals surface area contributed by atoms with Gasteiger partial charge in [-0.15, -0.1) is 0 Å². The van der Waals surface area contributed by atoms with E-state index in [4.69, 9.17) is 35.6 Å². The van der Waals surface area contributed by atoms with Crippen LogP contribution >= 0.6 is 12.2 Å². The number of morpholine rings is 1. The van der Waals surface area contributed by atoms with Crippen molar-refractivity contribution in [3.63, 3.8) is 0 Å². The highest BCUT2D eigenvalue weighted by Gasteiger charge is 2.23. The van der Waals surface area contributed by atoms with Crippen LogP contribution in [-0.2, 0) is 11.3 Å². The molecule has 1 fully saturated rings. The second-order valence-electron chi connectivity index (χ2n) is 6.00. The topological polar surface area (TPSA) is 65.3 Å². The lowest BCUT2D eigenvalue weighted by Gasteiger charge is -2.34. The molecule has 26 heavy (non-hydrogen) atoms. The molecular formula is C18H20N2O5S. The Bertz CT molecular complexity index is 752. The van der Waals surface area contributed by atoms with Crippen LogP contribution in [0.15, 0.2) is 41.0 Å². The van der Waals surface area contributed by atoms with Gasteiger partial charge in [-0.05, 0) is 36.5 Å². The molecule has 0 spiro atoms. The molecule has 2 aromatic rings. The molecule has 1 aromatic carbocycles. The fourth-order valence-corrected chi connectivity index (χ4v) is 3.09. The highest BCUT2D eigenvalue weighted by molar-refractivity contribution is 7.80. The molecule has 8 heteroatoms. The fourth-order valence-electron chi connectivity index (χ4n) is 2.85. The largest absolute Gasteiger partial charge is 0.491 e. The molecule has 1 aromatic heterocycles. The van der Waals surface area contributed by atoms with Crippen molar-refractivity contribution >= 4 is 17.3 Å². The molecule has 3 heterocycles. The highest BCUT2D eigenvalue weighted by atomic mass is 32.1. The fraction of sp³-hybridized carbons (Fsp3) is 0.389. The molecule has 2 aliphatic rings. The second kappa shape index (κ2) is 7.84. The minimum absolute atomic E-state index is 0.0578. The predicted octanol–water partition coefficient (Wildman–Crippen LogP) is 2.16. The maximum Gasteiger partial charge on any atom is 0.231 e. The van der Waals surface area contributed by atoms with E-state index in [0.29, 0.717) is 37.2 Å². The molecular weight excluding hydrogens is 356 g/mol. The third-order valence-corrected chi connectivity index (χ3v) is 4.60. The number of nitrogens with one attached hydrogen (secondary N) is 1. The number of rotatable bonds is 5. The Labute approximate surface area is 156 Å². The van der Waals surface area contributed by atoms with Crippen LogP contribution in [0.3, 0.4) is 0 Å². The Hall–Kier alpha value is -2.45. The Balaban J connectivity index is 1.26. The average molecular weight is 376 g/mol. The number of furan rings is 1. The van der Waals surface area contributed by atoms with Crippen LogP contribution in [-0.4, -0.2) is 49.2 Å². The van der Waals surface area contributed by atoms with Crippen molar-refractivity contribution in [2.24, 2.45) is 0 Å². The summed E-state index contributed by atoms with van der Waals surface area (Å²) in [6.07, 6.45) is 1.59.